The van der Waals surface area contributed by atoms with Crippen LogP contribution in [0.2, 0.25) is 0 Å². The molecule has 4 atom stereocenters. The van der Waals surface area contributed by atoms with E-state index in [1.54, 1.807) is 0 Å². The lowest BCUT2D eigenvalue weighted by Gasteiger charge is -2.17. The van der Waals surface area contributed by atoms with Crippen LogP contribution in [0.1, 0.15) is 38.5 Å². The normalized spacial score (nSPS) is 34.9. The first-order chi connectivity index (χ1) is 9.59. The Balaban J connectivity index is 1.52. The summed E-state index contributed by atoms with van der Waals surface area (Å²) < 4.78 is 5.66. The highest BCUT2D eigenvalue weighted by Crippen LogP contribution is 2.48. The van der Waals surface area contributed by atoms with E-state index in [4.69, 9.17) is 9.84 Å². The quantitative estimate of drug-likeness (QED) is 0.575. The number of carboxylic acid groups (broad SMARTS) is 1. The number of imide groups is 1. The highest BCUT2D eigenvalue weighted by atomic mass is 16.5. The van der Waals surface area contributed by atoms with Crippen molar-refractivity contribution in [2.45, 2.75) is 50.7 Å². The second kappa shape index (κ2) is 5.16. The van der Waals surface area contributed by atoms with Gasteiger partial charge >= 0.3 is 5.97 Å². The summed E-state index contributed by atoms with van der Waals surface area (Å²) in [6.07, 6.45) is 3.80. The minimum Gasteiger partial charge on any atom is -0.481 e. The minimum atomic E-state index is -0.804. The molecule has 3 aliphatic heterocycles. The topological polar surface area (TPSA) is 83.9 Å². The molecule has 20 heavy (non-hydrogen) atoms. The van der Waals surface area contributed by atoms with E-state index in [1.165, 1.54) is 4.90 Å². The van der Waals surface area contributed by atoms with Crippen molar-refractivity contribution in [2.24, 2.45) is 11.8 Å². The van der Waals surface area contributed by atoms with Crippen molar-refractivity contribution in [1.82, 2.24) is 4.90 Å². The Morgan fingerprint density at radius 3 is 2.25 bits per heavy atom. The molecule has 2 bridgehead atoms. The third kappa shape index (κ3) is 2.12. The molecule has 0 aliphatic carbocycles. The van der Waals surface area contributed by atoms with Crippen molar-refractivity contribution < 1.29 is 24.2 Å². The minimum absolute atomic E-state index is 0.0570. The number of ether oxygens (including phenoxy) is 1. The number of hydrogen-bond donors (Lipinski definition) is 1. The zero-order valence-corrected chi connectivity index (χ0v) is 11.3. The van der Waals surface area contributed by atoms with E-state index in [-0.39, 0.29) is 42.3 Å². The smallest absolute Gasteiger partial charge is 0.303 e. The highest BCUT2D eigenvalue weighted by Gasteiger charge is 2.62. The Kier molecular flexibility index (Phi) is 3.50. The number of aliphatic carboxylic acids is 1. The van der Waals surface area contributed by atoms with Gasteiger partial charge in [-0.1, -0.05) is 6.42 Å². The lowest BCUT2D eigenvalue weighted by atomic mass is 9.81. The molecular weight excluding hydrogens is 262 g/mol. The summed E-state index contributed by atoms with van der Waals surface area (Å²) in [4.78, 5) is 36.4. The van der Waals surface area contributed by atoms with E-state index < -0.39 is 5.97 Å². The number of carbonyl (C=O) groups excluding carboxylic acids is 2. The summed E-state index contributed by atoms with van der Waals surface area (Å²) in [5, 5.41) is 8.55. The fourth-order valence-corrected chi connectivity index (χ4v) is 3.72. The van der Waals surface area contributed by atoms with Crippen LogP contribution in [0.4, 0.5) is 0 Å². The number of rotatable bonds is 6. The van der Waals surface area contributed by atoms with Gasteiger partial charge in [0.2, 0.25) is 11.8 Å². The number of carboxylic acids is 1. The Bertz CT molecular complexity index is 421. The second-order valence-corrected chi connectivity index (χ2v) is 5.87. The maximum absolute atomic E-state index is 12.3. The lowest BCUT2D eigenvalue weighted by molar-refractivity contribution is -0.143. The van der Waals surface area contributed by atoms with Crippen LogP contribution in [0.5, 0.6) is 0 Å². The Morgan fingerprint density at radius 2 is 1.70 bits per heavy atom. The van der Waals surface area contributed by atoms with Crippen molar-refractivity contribution in [3.63, 3.8) is 0 Å². The van der Waals surface area contributed by atoms with E-state index in [0.717, 1.165) is 19.3 Å². The summed E-state index contributed by atoms with van der Waals surface area (Å²) in [5.74, 6) is -1.46. The first-order valence-electron chi connectivity index (χ1n) is 7.32. The first-order valence-corrected chi connectivity index (χ1v) is 7.32. The maximum atomic E-state index is 12.3. The molecule has 3 saturated heterocycles. The molecule has 0 saturated carbocycles. The van der Waals surface area contributed by atoms with Gasteiger partial charge in [0.25, 0.3) is 0 Å². The van der Waals surface area contributed by atoms with Gasteiger partial charge in [-0.25, -0.2) is 0 Å². The average Bonchev–Trinajstić information content (AvgIpc) is 3.06. The lowest BCUT2D eigenvalue weighted by Crippen LogP contribution is -2.35. The highest BCUT2D eigenvalue weighted by molar-refractivity contribution is 6.06. The Morgan fingerprint density at radius 1 is 1.10 bits per heavy atom. The fourth-order valence-electron chi connectivity index (χ4n) is 3.72. The van der Waals surface area contributed by atoms with E-state index >= 15 is 0 Å². The molecule has 0 aromatic heterocycles. The molecule has 0 radical (unpaired) electrons. The number of unbranched alkanes of at least 4 members (excludes halogenated alkanes) is 2. The van der Waals surface area contributed by atoms with E-state index in [2.05, 4.69) is 0 Å². The summed E-state index contributed by atoms with van der Waals surface area (Å²) in [6, 6.07) is 0. The predicted octanol–water partition coefficient (Wildman–Crippen LogP) is 0.794. The number of nitrogens with zero attached hydrogens (tertiary/aromatic N) is 1. The molecule has 0 spiro atoms. The van der Waals surface area contributed by atoms with Gasteiger partial charge in [-0.3, -0.25) is 19.3 Å². The Hall–Kier alpha value is -1.43. The standard InChI is InChI=1S/C14H19NO5/c16-10(17)4-2-1-3-7-15-13(18)11-8-5-6-9(20-8)12(11)14(15)19/h8-9,11-12H,1-7H2,(H,16,17)/t8-,9+,11?,12?. The van der Waals surface area contributed by atoms with Crippen molar-refractivity contribution >= 4 is 17.8 Å². The zero-order valence-electron chi connectivity index (χ0n) is 11.3. The van der Waals surface area contributed by atoms with E-state index in [9.17, 15) is 14.4 Å². The second-order valence-electron chi connectivity index (χ2n) is 5.87. The van der Waals surface area contributed by atoms with E-state index in [1.807, 2.05) is 0 Å². The fraction of sp³-hybridized carbons (Fsp3) is 0.786. The average molecular weight is 281 g/mol. The zero-order chi connectivity index (χ0) is 14.3. The Labute approximate surface area is 117 Å². The number of carbonyl (C=O) groups is 3. The summed E-state index contributed by atoms with van der Waals surface area (Å²) in [5.41, 5.74) is 0. The van der Waals surface area contributed by atoms with Crippen LogP contribution in [0.25, 0.3) is 0 Å². The SMILES string of the molecule is O=C(O)CCCCCN1C(=O)C2C(C1=O)[C@H]1CC[C@@H]2O1. The molecule has 110 valence electrons. The van der Waals surface area contributed by atoms with Gasteiger partial charge in [0.15, 0.2) is 0 Å². The maximum Gasteiger partial charge on any atom is 0.303 e. The van der Waals surface area contributed by atoms with E-state index in [0.29, 0.717) is 19.4 Å². The van der Waals surface area contributed by atoms with Crippen LogP contribution in [0.3, 0.4) is 0 Å². The predicted molar refractivity (Wildman–Crippen MR) is 67.7 cm³/mol. The number of fused-ring (bicyclic) bond motifs is 5. The van der Waals surface area contributed by atoms with Gasteiger partial charge in [0.05, 0.1) is 24.0 Å². The van der Waals surface area contributed by atoms with Crippen LogP contribution >= 0.6 is 0 Å². The first kappa shape index (κ1) is 13.5. The number of amides is 2. The molecule has 1 N–H and O–H groups in total. The molecule has 2 unspecified atom stereocenters. The van der Waals surface area contributed by atoms with Crippen LogP contribution in [-0.4, -0.2) is 46.5 Å². The molecular formula is C14H19NO5. The molecule has 6 nitrogen and oxygen atoms in total. The molecule has 0 aromatic rings. The number of hydrogen-bond acceptors (Lipinski definition) is 4. The van der Waals surface area contributed by atoms with Gasteiger partial charge < -0.3 is 9.84 Å². The van der Waals surface area contributed by atoms with Crippen LogP contribution < -0.4 is 0 Å². The summed E-state index contributed by atoms with van der Waals surface area (Å²) >= 11 is 0. The van der Waals surface area contributed by atoms with Gasteiger partial charge in [-0.2, -0.15) is 0 Å². The summed E-state index contributed by atoms with van der Waals surface area (Å²) in [6.45, 7) is 0.420. The third-order valence-corrected chi connectivity index (χ3v) is 4.65. The van der Waals surface area contributed by atoms with Crippen LogP contribution in [0.15, 0.2) is 0 Å². The van der Waals surface area contributed by atoms with Crippen molar-refractivity contribution in [3.05, 3.63) is 0 Å². The monoisotopic (exact) mass is 281 g/mol. The van der Waals surface area contributed by atoms with Gasteiger partial charge in [0.1, 0.15) is 0 Å². The third-order valence-electron chi connectivity index (χ3n) is 4.65. The molecule has 0 aromatic carbocycles. The van der Waals surface area contributed by atoms with Crippen LogP contribution in [-0.2, 0) is 19.1 Å². The van der Waals surface area contributed by atoms with Gasteiger partial charge in [-0.05, 0) is 25.7 Å². The van der Waals surface area contributed by atoms with Gasteiger partial charge in [-0.15, -0.1) is 0 Å². The molecule has 3 heterocycles. The number of likely N-dealkylation sites (tertiary alicyclic amines) is 1. The van der Waals surface area contributed by atoms with Gasteiger partial charge in [0, 0.05) is 13.0 Å². The van der Waals surface area contributed by atoms with Crippen LogP contribution in [0, 0.1) is 11.8 Å². The molecule has 6 heteroatoms. The summed E-state index contributed by atoms with van der Waals surface area (Å²) in [7, 11) is 0. The molecule has 3 fully saturated rings. The van der Waals surface area contributed by atoms with Crippen molar-refractivity contribution in [2.75, 3.05) is 6.54 Å². The molecule has 3 rings (SSSR count). The van der Waals surface area contributed by atoms with Crippen molar-refractivity contribution in [1.29, 1.82) is 0 Å². The molecule has 3 aliphatic rings. The van der Waals surface area contributed by atoms with Crippen molar-refractivity contribution in [3.8, 4) is 0 Å². The molecule has 2 amide bonds. The largest absolute Gasteiger partial charge is 0.481 e.